The first kappa shape index (κ1) is 14.7. The Kier molecular flexibility index (Phi) is 4.53. The quantitative estimate of drug-likeness (QED) is 0.823. The third kappa shape index (κ3) is 3.66. The lowest BCUT2D eigenvalue weighted by molar-refractivity contribution is 0.282. The van der Waals surface area contributed by atoms with Crippen LogP contribution in [0.4, 0.5) is 0 Å². The van der Waals surface area contributed by atoms with E-state index in [0.29, 0.717) is 12.1 Å². The lowest BCUT2D eigenvalue weighted by Gasteiger charge is -2.14. The van der Waals surface area contributed by atoms with Crippen LogP contribution in [0.25, 0.3) is 0 Å². The summed E-state index contributed by atoms with van der Waals surface area (Å²) < 4.78 is 28.6. The van der Waals surface area contributed by atoms with E-state index < -0.39 is 10.0 Å². The Morgan fingerprint density at radius 1 is 1.35 bits per heavy atom. The minimum atomic E-state index is -3.56. The molecule has 2 N–H and O–H groups in total. The van der Waals surface area contributed by atoms with Gasteiger partial charge in [-0.3, -0.25) is 4.68 Å². The van der Waals surface area contributed by atoms with E-state index in [-0.39, 0.29) is 17.5 Å². The average molecular weight is 295 g/mol. The molecular weight excluding hydrogens is 278 g/mol. The summed E-state index contributed by atoms with van der Waals surface area (Å²) in [4.78, 5) is 0.182. The van der Waals surface area contributed by atoms with E-state index in [1.54, 1.807) is 42.2 Å². The van der Waals surface area contributed by atoms with Gasteiger partial charge < -0.3 is 5.11 Å². The SMILES string of the molecule is CC(Cn1cccn1)NS(=O)(=O)c1ccc(CO)cc1. The molecule has 0 aliphatic heterocycles. The summed E-state index contributed by atoms with van der Waals surface area (Å²) in [5.41, 5.74) is 0.675. The number of aliphatic hydroxyl groups excluding tert-OH is 1. The number of hydrogen-bond donors (Lipinski definition) is 2. The van der Waals surface area contributed by atoms with Gasteiger partial charge in [-0.2, -0.15) is 5.10 Å². The van der Waals surface area contributed by atoms with Crippen molar-refractivity contribution in [3.63, 3.8) is 0 Å². The van der Waals surface area contributed by atoms with Gasteiger partial charge in [-0.15, -0.1) is 0 Å². The van der Waals surface area contributed by atoms with Crippen molar-refractivity contribution < 1.29 is 13.5 Å². The Morgan fingerprint density at radius 3 is 2.60 bits per heavy atom. The molecule has 2 aromatic rings. The first-order valence-electron chi connectivity index (χ1n) is 6.21. The number of aliphatic hydroxyl groups is 1. The molecule has 7 heteroatoms. The molecule has 0 bridgehead atoms. The normalized spacial score (nSPS) is 13.3. The van der Waals surface area contributed by atoms with Gasteiger partial charge in [0.25, 0.3) is 0 Å². The Hall–Kier alpha value is -1.70. The molecule has 6 nitrogen and oxygen atoms in total. The van der Waals surface area contributed by atoms with Gasteiger partial charge in [0.1, 0.15) is 0 Å². The summed E-state index contributed by atoms with van der Waals surface area (Å²) in [6.07, 6.45) is 3.43. The predicted molar refractivity (Wildman–Crippen MR) is 74.4 cm³/mol. The molecule has 0 aliphatic rings. The van der Waals surface area contributed by atoms with Crippen LogP contribution in [-0.4, -0.2) is 29.3 Å². The van der Waals surface area contributed by atoms with Gasteiger partial charge in [-0.1, -0.05) is 12.1 Å². The summed E-state index contributed by atoms with van der Waals surface area (Å²) >= 11 is 0. The smallest absolute Gasteiger partial charge is 0.240 e. The monoisotopic (exact) mass is 295 g/mol. The van der Waals surface area contributed by atoms with E-state index in [0.717, 1.165) is 0 Å². The van der Waals surface area contributed by atoms with Gasteiger partial charge in [-0.25, -0.2) is 13.1 Å². The maximum absolute atomic E-state index is 12.2. The molecule has 0 fully saturated rings. The molecule has 0 saturated heterocycles. The van der Waals surface area contributed by atoms with E-state index in [4.69, 9.17) is 5.11 Å². The molecular formula is C13H17N3O3S. The standard InChI is InChI=1S/C13H17N3O3S/c1-11(9-16-8-2-7-14-16)15-20(18,19)13-5-3-12(10-17)4-6-13/h2-8,11,15,17H,9-10H2,1H3. The van der Waals surface area contributed by atoms with Crippen molar-refractivity contribution in [2.45, 2.75) is 31.0 Å². The Morgan fingerprint density at radius 2 is 2.05 bits per heavy atom. The molecule has 0 radical (unpaired) electrons. The van der Waals surface area contributed by atoms with Crippen LogP contribution in [0.15, 0.2) is 47.6 Å². The summed E-state index contributed by atoms with van der Waals surface area (Å²) in [5, 5.41) is 13.0. The molecule has 20 heavy (non-hydrogen) atoms. The zero-order valence-electron chi connectivity index (χ0n) is 11.1. The first-order valence-corrected chi connectivity index (χ1v) is 7.69. The molecule has 0 saturated carbocycles. The highest BCUT2D eigenvalue weighted by atomic mass is 32.2. The van der Waals surface area contributed by atoms with Gasteiger partial charge >= 0.3 is 0 Å². The van der Waals surface area contributed by atoms with E-state index in [2.05, 4.69) is 9.82 Å². The zero-order valence-corrected chi connectivity index (χ0v) is 11.9. The highest BCUT2D eigenvalue weighted by Gasteiger charge is 2.17. The third-order valence-electron chi connectivity index (χ3n) is 2.79. The zero-order chi connectivity index (χ0) is 14.6. The van der Waals surface area contributed by atoms with Crippen molar-refractivity contribution in [2.24, 2.45) is 0 Å². The largest absolute Gasteiger partial charge is 0.392 e. The number of nitrogens with zero attached hydrogens (tertiary/aromatic N) is 2. The van der Waals surface area contributed by atoms with Crippen molar-refractivity contribution in [1.29, 1.82) is 0 Å². The molecule has 1 atom stereocenters. The maximum atomic E-state index is 12.2. The molecule has 1 heterocycles. The first-order chi connectivity index (χ1) is 9.51. The second kappa shape index (κ2) is 6.17. The van der Waals surface area contributed by atoms with Crippen LogP contribution in [0, 0.1) is 0 Å². The second-order valence-electron chi connectivity index (χ2n) is 4.55. The fourth-order valence-corrected chi connectivity index (χ4v) is 3.07. The van der Waals surface area contributed by atoms with Crippen molar-refractivity contribution in [2.75, 3.05) is 0 Å². The maximum Gasteiger partial charge on any atom is 0.240 e. The van der Waals surface area contributed by atoms with Crippen molar-refractivity contribution in [3.8, 4) is 0 Å². The van der Waals surface area contributed by atoms with Crippen LogP contribution in [0.3, 0.4) is 0 Å². The highest BCUT2D eigenvalue weighted by Crippen LogP contribution is 2.11. The van der Waals surface area contributed by atoms with Crippen LogP contribution in [-0.2, 0) is 23.2 Å². The lowest BCUT2D eigenvalue weighted by atomic mass is 10.2. The highest BCUT2D eigenvalue weighted by molar-refractivity contribution is 7.89. The Bertz CT molecular complexity index is 636. The molecule has 1 unspecified atom stereocenters. The second-order valence-corrected chi connectivity index (χ2v) is 6.27. The Labute approximate surface area is 118 Å². The summed E-state index contributed by atoms with van der Waals surface area (Å²) in [7, 11) is -3.56. The Balaban J connectivity index is 2.05. The third-order valence-corrected chi connectivity index (χ3v) is 4.40. The van der Waals surface area contributed by atoms with Crippen molar-refractivity contribution in [3.05, 3.63) is 48.3 Å². The average Bonchev–Trinajstić information content (AvgIpc) is 2.91. The number of rotatable bonds is 6. The van der Waals surface area contributed by atoms with Crippen LogP contribution >= 0.6 is 0 Å². The number of sulfonamides is 1. The van der Waals surface area contributed by atoms with Gasteiger partial charge in [0.05, 0.1) is 18.0 Å². The predicted octanol–water partition coefficient (Wildman–Crippen LogP) is 0.742. The number of aromatic nitrogens is 2. The molecule has 0 aliphatic carbocycles. The van der Waals surface area contributed by atoms with Crippen LogP contribution in [0.1, 0.15) is 12.5 Å². The van der Waals surface area contributed by atoms with Crippen LogP contribution in [0.5, 0.6) is 0 Å². The van der Waals surface area contributed by atoms with Gasteiger partial charge in [-0.05, 0) is 30.7 Å². The molecule has 2 rings (SSSR count). The number of hydrogen-bond acceptors (Lipinski definition) is 4. The van der Waals surface area contributed by atoms with Gasteiger partial charge in [0, 0.05) is 18.4 Å². The minimum Gasteiger partial charge on any atom is -0.392 e. The van der Waals surface area contributed by atoms with Gasteiger partial charge in [0.2, 0.25) is 10.0 Å². The molecule has 1 aromatic heterocycles. The summed E-state index contributed by atoms with van der Waals surface area (Å²) in [6.45, 7) is 2.13. The minimum absolute atomic E-state index is 0.108. The summed E-state index contributed by atoms with van der Waals surface area (Å²) in [6, 6.07) is 7.65. The molecule has 108 valence electrons. The number of nitrogens with one attached hydrogen (secondary N) is 1. The molecule has 1 aromatic carbocycles. The van der Waals surface area contributed by atoms with E-state index in [9.17, 15) is 8.42 Å². The van der Waals surface area contributed by atoms with E-state index >= 15 is 0 Å². The fraction of sp³-hybridized carbons (Fsp3) is 0.308. The van der Waals surface area contributed by atoms with Crippen molar-refractivity contribution >= 4 is 10.0 Å². The summed E-state index contributed by atoms with van der Waals surface area (Å²) in [5.74, 6) is 0. The van der Waals surface area contributed by atoms with Gasteiger partial charge in [0.15, 0.2) is 0 Å². The molecule has 0 amide bonds. The van der Waals surface area contributed by atoms with E-state index in [1.165, 1.54) is 12.1 Å². The number of benzene rings is 1. The molecule has 0 spiro atoms. The van der Waals surface area contributed by atoms with Crippen molar-refractivity contribution in [1.82, 2.24) is 14.5 Å². The topological polar surface area (TPSA) is 84.2 Å². The fourth-order valence-electron chi connectivity index (χ4n) is 1.83. The van der Waals surface area contributed by atoms with Crippen LogP contribution in [0.2, 0.25) is 0 Å². The lowest BCUT2D eigenvalue weighted by Crippen LogP contribution is -2.35. The van der Waals surface area contributed by atoms with Crippen LogP contribution < -0.4 is 4.72 Å². The van der Waals surface area contributed by atoms with E-state index in [1.807, 2.05) is 0 Å².